The van der Waals surface area contributed by atoms with Crippen molar-refractivity contribution in [3.63, 3.8) is 0 Å². The number of hydrogen-bond acceptors (Lipinski definition) is 4. The van der Waals surface area contributed by atoms with Crippen molar-refractivity contribution in [3.05, 3.63) is 48.7 Å². The Kier molecular flexibility index (Phi) is 4.07. The smallest absolute Gasteiger partial charge is 0.419 e. The highest BCUT2D eigenvalue weighted by molar-refractivity contribution is 6.05. The Morgan fingerprint density at radius 3 is 2.61 bits per heavy atom. The minimum absolute atomic E-state index is 0.0594. The van der Waals surface area contributed by atoms with Crippen molar-refractivity contribution in [3.8, 4) is 22.9 Å². The summed E-state index contributed by atoms with van der Waals surface area (Å²) in [5.74, 6) is 0.757. The zero-order chi connectivity index (χ0) is 20.1. The molecule has 144 valence electrons. The number of benzene rings is 2. The first kappa shape index (κ1) is 18.0. The minimum atomic E-state index is -0.639. The Balaban J connectivity index is 2.02. The average molecular weight is 378 g/mol. The maximum Gasteiger partial charge on any atom is 0.419 e. The summed E-state index contributed by atoms with van der Waals surface area (Å²) in [5, 5.41) is 12.7. The molecule has 2 aromatic carbocycles. The predicted octanol–water partition coefficient (Wildman–Crippen LogP) is 5.29. The average Bonchev–Trinajstić information content (AvgIpc) is 3.20. The Morgan fingerprint density at radius 2 is 1.89 bits per heavy atom. The van der Waals surface area contributed by atoms with Crippen LogP contribution in [0.15, 0.2) is 48.7 Å². The van der Waals surface area contributed by atoms with Gasteiger partial charge in [0.2, 0.25) is 0 Å². The molecule has 0 unspecified atom stereocenters. The van der Waals surface area contributed by atoms with E-state index in [1.807, 2.05) is 57.2 Å². The molecule has 0 spiro atoms. The molecule has 6 nitrogen and oxygen atoms in total. The van der Waals surface area contributed by atoms with Gasteiger partial charge in [0.05, 0.1) is 23.7 Å². The van der Waals surface area contributed by atoms with E-state index in [-0.39, 0.29) is 5.88 Å². The topological polar surface area (TPSA) is 76.5 Å². The van der Waals surface area contributed by atoms with Crippen LogP contribution in [-0.2, 0) is 4.74 Å². The number of aromatic amines is 1. The summed E-state index contributed by atoms with van der Waals surface area (Å²) in [6.07, 6.45) is 1.26. The molecule has 0 saturated carbocycles. The van der Waals surface area contributed by atoms with Gasteiger partial charge in [-0.3, -0.25) is 0 Å². The Morgan fingerprint density at radius 1 is 1.11 bits per heavy atom. The summed E-state index contributed by atoms with van der Waals surface area (Å²) >= 11 is 0. The number of carbonyl (C=O) groups is 1. The van der Waals surface area contributed by atoms with Gasteiger partial charge in [-0.05, 0) is 45.0 Å². The molecule has 0 aliphatic heterocycles. The molecule has 0 fully saturated rings. The summed E-state index contributed by atoms with van der Waals surface area (Å²) in [6, 6.07) is 13.1. The van der Waals surface area contributed by atoms with Crippen LogP contribution in [0.4, 0.5) is 4.79 Å². The van der Waals surface area contributed by atoms with E-state index in [1.54, 1.807) is 23.9 Å². The minimum Gasteiger partial charge on any atom is -0.497 e. The van der Waals surface area contributed by atoms with Gasteiger partial charge in [-0.15, -0.1) is 0 Å². The fraction of sp³-hybridized carbons (Fsp3) is 0.227. The van der Waals surface area contributed by atoms with Gasteiger partial charge in [-0.25, -0.2) is 9.36 Å². The first-order chi connectivity index (χ1) is 13.3. The van der Waals surface area contributed by atoms with Crippen LogP contribution in [0.25, 0.3) is 32.9 Å². The lowest BCUT2D eigenvalue weighted by molar-refractivity contribution is 0.0547. The molecule has 0 aliphatic rings. The number of nitrogens with one attached hydrogen (secondary N) is 1. The fourth-order valence-electron chi connectivity index (χ4n) is 3.41. The van der Waals surface area contributed by atoms with E-state index < -0.39 is 11.7 Å². The highest BCUT2D eigenvalue weighted by atomic mass is 16.6. The second kappa shape index (κ2) is 6.34. The number of carbonyl (C=O) groups excluding carboxylic acids is 1. The van der Waals surface area contributed by atoms with Crippen LogP contribution in [0.2, 0.25) is 0 Å². The number of fused-ring (bicyclic) bond motifs is 2. The molecule has 6 heteroatoms. The second-order valence-corrected chi connectivity index (χ2v) is 7.68. The van der Waals surface area contributed by atoms with Gasteiger partial charge in [0, 0.05) is 22.5 Å². The molecule has 2 N–H and O–H groups in total. The van der Waals surface area contributed by atoms with E-state index in [1.165, 1.54) is 0 Å². The Bertz CT molecular complexity index is 1190. The van der Waals surface area contributed by atoms with Crippen molar-refractivity contribution in [2.75, 3.05) is 7.11 Å². The highest BCUT2D eigenvalue weighted by Gasteiger charge is 2.24. The van der Waals surface area contributed by atoms with Crippen molar-refractivity contribution in [2.45, 2.75) is 26.4 Å². The lowest BCUT2D eigenvalue weighted by Gasteiger charge is -2.21. The Labute approximate surface area is 162 Å². The SMILES string of the molecule is COc1ccc2c(c1)cc(-c1cccc3c[nH]c(O)c13)n2C(=O)OC(C)(C)C. The predicted molar refractivity (Wildman–Crippen MR) is 109 cm³/mol. The van der Waals surface area contributed by atoms with Crippen LogP contribution in [0, 0.1) is 0 Å². The van der Waals surface area contributed by atoms with E-state index in [9.17, 15) is 9.90 Å². The highest BCUT2D eigenvalue weighted by Crippen LogP contribution is 2.38. The maximum absolute atomic E-state index is 13.1. The summed E-state index contributed by atoms with van der Waals surface area (Å²) in [5.41, 5.74) is 1.44. The molecule has 0 radical (unpaired) electrons. The summed E-state index contributed by atoms with van der Waals surface area (Å²) in [6.45, 7) is 5.49. The van der Waals surface area contributed by atoms with Crippen molar-refractivity contribution in [1.82, 2.24) is 9.55 Å². The van der Waals surface area contributed by atoms with E-state index in [0.717, 1.165) is 16.3 Å². The standard InChI is InChI=1S/C22H22N2O4/c1-22(2,3)28-21(26)24-17-9-8-15(27-4)10-14(17)11-18(24)16-7-5-6-13-12-23-20(25)19(13)16/h5-12,23,25H,1-4H3. The summed E-state index contributed by atoms with van der Waals surface area (Å²) in [4.78, 5) is 15.9. The third-order valence-corrected chi connectivity index (χ3v) is 4.56. The van der Waals surface area contributed by atoms with Crippen LogP contribution in [0.5, 0.6) is 11.6 Å². The number of rotatable bonds is 2. The molecule has 4 rings (SSSR count). The van der Waals surface area contributed by atoms with Crippen molar-refractivity contribution >= 4 is 27.8 Å². The van der Waals surface area contributed by atoms with Gasteiger partial charge in [-0.2, -0.15) is 0 Å². The number of ether oxygens (including phenoxy) is 2. The van der Waals surface area contributed by atoms with Crippen molar-refractivity contribution in [1.29, 1.82) is 0 Å². The molecule has 0 bridgehead atoms. The number of aromatic nitrogens is 2. The molecule has 2 aromatic heterocycles. The lowest BCUT2D eigenvalue weighted by Crippen LogP contribution is -2.27. The van der Waals surface area contributed by atoms with Crippen LogP contribution < -0.4 is 4.74 Å². The van der Waals surface area contributed by atoms with E-state index >= 15 is 0 Å². The molecular weight excluding hydrogens is 356 g/mol. The number of H-pyrrole nitrogens is 1. The molecule has 0 aliphatic carbocycles. The van der Waals surface area contributed by atoms with Crippen LogP contribution in [0.3, 0.4) is 0 Å². The van der Waals surface area contributed by atoms with E-state index in [4.69, 9.17) is 9.47 Å². The maximum atomic E-state index is 13.1. The number of aromatic hydroxyl groups is 1. The monoisotopic (exact) mass is 378 g/mol. The fourth-order valence-corrected chi connectivity index (χ4v) is 3.41. The molecule has 0 atom stereocenters. The van der Waals surface area contributed by atoms with E-state index in [0.29, 0.717) is 22.3 Å². The quantitative estimate of drug-likeness (QED) is 0.497. The first-order valence-electron chi connectivity index (χ1n) is 9.01. The van der Waals surface area contributed by atoms with Crippen molar-refractivity contribution in [2.24, 2.45) is 0 Å². The molecule has 0 amide bonds. The van der Waals surface area contributed by atoms with Gasteiger partial charge in [0.15, 0.2) is 5.88 Å². The van der Waals surface area contributed by atoms with E-state index in [2.05, 4.69) is 4.98 Å². The normalized spacial score (nSPS) is 11.9. The number of methoxy groups -OCH3 is 1. The van der Waals surface area contributed by atoms with Crippen LogP contribution in [-0.4, -0.2) is 33.5 Å². The summed E-state index contributed by atoms with van der Waals surface area (Å²) < 4.78 is 12.5. The third-order valence-electron chi connectivity index (χ3n) is 4.56. The molecule has 28 heavy (non-hydrogen) atoms. The zero-order valence-corrected chi connectivity index (χ0v) is 16.2. The third kappa shape index (κ3) is 2.97. The largest absolute Gasteiger partial charge is 0.497 e. The lowest BCUT2D eigenvalue weighted by atomic mass is 10.1. The van der Waals surface area contributed by atoms with Gasteiger partial charge in [-0.1, -0.05) is 18.2 Å². The number of nitrogens with zero attached hydrogens (tertiary/aromatic N) is 1. The van der Waals surface area contributed by atoms with Crippen LogP contribution in [0.1, 0.15) is 20.8 Å². The molecule has 0 saturated heterocycles. The molecule has 4 aromatic rings. The van der Waals surface area contributed by atoms with Crippen LogP contribution >= 0.6 is 0 Å². The molecular formula is C22H22N2O4. The summed E-state index contributed by atoms with van der Waals surface area (Å²) in [7, 11) is 1.60. The molecule has 2 heterocycles. The first-order valence-corrected chi connectivity index (χ1v) is 9.01. The second-order valence-electron chi connectivity index (χ2n) is 7.68. The van der Waals surface area contributed by atoms with Gasteiger partial charge in [0.25, 0.3) is 0 Å². The van der Waals surface area contributed by atoms with Gasteiger partial charge < -0.3 is 19.6 Å². The van der Waals surface area contributed by atoms with Crippen molar-refractivity contribution < 1.29 is 19.4 Å². The van der Waals surface area contributed by atoms with Gasteiger partial charge in [0.1, 0.15) is 11.4 Å². The van der Waals surface area contributed by atoms with Gasteiger partial charge >= 0.3 is 6.09 Å². The zero-order valence-electron chi connectivity index (χ0n) is 16.2. The number of hydrogen-bond donors (Lipinski definition) is 2. The Hall–Kier alpha value is -3.41.